The van der Waals surface area contributed by atoms with Crippen LogP contribution in [0.2, 0.25) is 0 Å². The molecule has 1 saturated heterocycles. The summed E-state index contributed by atoms with van der Waals surface area (Å²) in [6, 6.07) is 21.6. The lowest BCUT2D eigenvalue weighted by Crippen LogP contribution is -2.52. The topological polar surface area (TPSA) is 61.9 Å². The minimum Gasteiger partial charge on any atom is -0.374 e. The van der Waals surface area contributed by atoms with Crippen LogP contribution < -0.4 is 10.2 Å². The van der Waals surface area contributed by atoms with Gasteiger partial charge in [0.25, 0.3) is 0 Å². The first-order chi connectivity index (χ1) is 14.7. The number of ether oxygens (including phenoxy) is 1. The van der Waals surface area contributed by atoms with E-state index in [-0.39, 0.29) is 24.6 Å². The summed E-state index contributed by atoms with van der Waals surface area (Å²) >= 11 is 0. The smallest absolute Gasteiger partial charge is 0.325 e. The Hall–Kier alpha value is -3.38. The Kier molecular flexibility index (Phi) is 4.85. The number of morpholine rings is 1. The van der Waals surface area contributed by atoms with Crippen LogP contribution >= 0.6 is 0 Å². The Morgan fingerprint density at radius 2 is 1.83 bits per heavy atom. The van der Waals surface area contributed by atoms with Gasteiger partial charge in [-0.05, 0) is 23.1 Å². The van der Waals surface area contributed by atoms with Gasteiger partial charge in [0.05, 0.1) is 24.1 Å². The zero-order chi connectivity index (χ0) is 20.5. The third-order valence-electron chi connectivity index (χ3n) is 5.70. The number of carbonyl (C=O) groups is 2. The molecule has 0 aromatic heterocycles. The maximum Gasteiger partial charge on any atom is 0.325 e. The molecule has 2 aliphatic rings. The highest BCUT2D eigenvalue weighted by Crippen LogP contribution is 2.35. The molecule has 6 heteroatoms. The van der Waals surface area contributed by atoms with Crippen LogP contribution in [0.4, 0.5) is 16.2 Å². The standard InChI is InChI=1S/C24H23N3O3/c28-22-16-27(21-11-5-9-18-8-4-10-20(25-22)23(18)21)24(29)26-12-13-30-19(15-26)14-17-6-2-1-3-7-17/h1-11,19H,12-16H2,(H,25,28). The molecule has 3 amide bonds. The fourth-order valence-electron chi connectivity index (χ4n) is 4.30. The first-order valence-corrected chi connectivity index (χ1v) is 10.2. The van der Waals surface area contributed by atoms with Crippen molar-refractivity contribution in [1.82, 2.24) is 4.90 Å². The fourth-order valence-corrected chi connectivity index (χ4v) is 4.30. The molecule has 6 nitrogen and oxygen atoms in total. The molecule has 1 fully saturated rings. The molecule has 152 valence electrons. The predicted octanol–water partition coefficient (Wildman–Crippen LogP) is 3.66. The van der Waals surface area contributed by atoms with Crippen LogP contribution in [-0.2, 0) is 16.0 Å². The SMILES string of the molecule is O=C1CN(C(=O)N2CCOC(Cc3ccccc3)C2)c2cccc3cccc(c23)N1. The highest BCUT2D eigenvalue weighted by atomic mass is 16.5. The Balaban J connectivity index is 1.42. The second-order valence-corrected chi connectivity index (χ2v) is 7.73. The lowest BCUT2D eigenvalue weighted by atomic mass is 10.1. The van der Waals surface area contributed by atoms with Crippen molar-refractivity contribution < 1.29 is 14.3 Å². The molecule has 30 heavy (non-hydrogen) atoms. The summed E-state index contributed by atoms with van der Waals surface area (Å²) in [5.74, 6) is -0.193. The van der Waals surface area contributed by atoms with Crippen LogP contribution in [0.1, 0.15) is 5.56 Å². The largest absolute Gasteiger partial charge is 0.374 e. The summed E-state index contributed by atoms with van der Waals surface area (Å²) in [5.41, 5.74) is 2.69. The second-order valence-electron chi connectivity index (χ2n) is 7.73. The van der Waals surface area contributed by atoms with Gasteiger partial charge in [-0.15, -0.1) is 0 Å². The fraction of sp³-hybridized carbons (Fsp3) is 0.250. The molecule has 5 rings (SSSR count). The molecule has 0 saturated carbocycles. The van der Waals surface area contributed by atoms with Crippen molar-refractivity contribution in [3.63, 3.8) is 0 Å². The maximum absolute atomic E-state index is 13.5. The van der Waals surface area contributed by atoms with Gasteiger partial charge in [0.1, 0.15) is 6.54 Å². The Morgan fingerprint density at radius 1 is 1.03 bits per heavy atom. The number of amides is 3. The molecule has 0 radical (unpaired) electrons. The van der Waals surface area contributed by atoms with Gasteiger partial charge >= 0.3 is 6.03 Å². The lowest BCUT2D eigenvalue weighted by molar-refractivity contribution is -0.114. The quantitative estimate of drug-likeness (QED) is 0.713. The van der Waals surface area contributed by atoms with Crippen molar-refractivity contribution >= 4 is 34.1 Å². The number of anilines is 2. The Morgan fingerprint density at radius 3 is 2.67 bits per heavy atom. The Labute approximate surface area is 175 Å². The summed E-state index contributed by atoms with van der Waals surface area (Å²) in [5, 5.41) is 4.83. The molecule has 2 heterocycles. The van der Waals surface area contributed by atoms with E-state index < -0.39 is 0 Å². The number of carbonyl (C=O) groups excluding carboxylic acids is 2. The second kappa shape index (κ2) is 7.80. The number of urea groups is 1. The van der Waals surface area contributed by atoms with E-state index in [1.165, 1.54) is 5.56 Å². The van der Waals surface area contributed by atoms with Gasteiger partial charge < -0.3 is 15.0 Å². The van der Waals surface area contributed by atoms with E-state index in [4.69, 9.17) is 4.74 Å². The minimum absolute atomic E-state index is 0.00661. The molecule has 2 aliphatic heterocycles. The first kappa shape index (κ1) is 18.6. The Bertz CT molecular complexity index is 1090. The van der Waals surface area contributed by atoms with Gasteiger partial charge in [-0.3, -0.25) is 9.69 Å². The van der Waals surface area contributed by atoms with Gasteiger partial charge in [-0.2, -0.15) is 0 Å². The summed E-state index contributed by atoms with van der Waals surface area (Å²) in [6.07, 6.45) is 0.692. The monoisotopic (exact) mass is 401 g/mol. The highest BCUT2D eigenvalue weighted by molar-refractivity contribution is 6.16. The first-order valence-electron chi connectivity index (χ1n) is 10.2. The van der Waals surface area contributed by atoms with Crippen LogP contribution in [0.25, 0.3) is 10.8 Å². The number of nitrogens with one attached hydrogen (secondary N) is 1. The van der Waals surface area contributed by atoms with Gasteiger partial charge in [0.15, 0.2) is 0 Å². The summed E-state index contributed by atoms with van der Waals surface area (Å²) in [6.45, 7) is 1.50. The molecule has 1 atom stereocenters. The number of rotatable bonds is 2. The van der Waals surface area contributed by atoms with E-state index in [0.717, 1.165) is 28.6 Å². The third kappa shape index (κ3) is 3.50. The van der Waals surface area contributed by atoms with E-state index >= 15 is 0 Å². The molecule has 1 unspecified atom stereocenters. The third-order valence-corrected chi connectivity index (χ3v) is 5.70. The number of benzene rings is 3. The van der Waals surface area contributed by atoms with Gasteiger partial charge in [0.2, 0.25) is 5.91 Å². The van der Waals surface area contributed by atoms with Crippen molar-refractivity contribution in [3.05, 3.63) is 72.3 Å². The summed E-state index contributed by atoms with van der Waals surface area (Å²) < 4.78 is 5.92. The predicted molar refractivity (Wildman–Crippen MR) is 117 cm³/mol. The molecule has 0 bridgehead atoms. The zero-order valence-corrected chi connectivity index (χ0v) is 16.6. The van der Waals surface area contributed by atoms with Crippen molar-refractivity contribution in [2.24, 2.45) is 0 Å². The van der Waals surface area contributed by atoms with Crippen LogP contribution in [0.3, 0.4) is 0 Å². The van der Waals surface area contributed by atoms with Gasteiger partial charge in [-0.1, -0.05) is 54.6 Å². The van der Waals surface area contributed by atoms with E-state index in [0.29, 0.717) is 19.7 Å². The number of nitrogens with zero attached hydrogens (tertiary/aromatic N) is 2. The molecule has 1 N–H and O–H groups in total. The lowest BCUT2D eigenvalue weighted by Gasteiger charge is -2.36. The number of hydrogen-bond acceptors (Lipinski definition) is 3. The molecular formula is C24H23N3O3. The van der Waals surface area contributed by atoms with Crippen molar-refractivity contribution in [1.29, 1.82) is 0 Å². The van der Waals surface area contributed by atoms with E-state index in [1.807, 2.05) is 54.6 Å². The maximum atomic E-state index is 13.5. The molecule has 0 spiro atoms. The highest BCUT2D eigenvalue weighted by Gasteiger charge is 2.32. The van der Waals surface area contributed by atoms with Crippen LogP contribution in [0.15, 0.2) is 66.7 Å². The van der Waals surface area contributed by atoms with Crippen LogP contribution in [0.5, 0.6) is 0 Å². The van der Waals surface area contributed by atoms with Crippen molar-refractivity contribution in [2.45, 2.75) is 12.5 Å². The molecule has 3 aromatic carbocycles. The van der Waals surface area contributed by atoms with Crippen LogP contribution in [0, 0.1) is 0 Å². The van der Waals surface area contributed by atoms with Crippen molar-refractivity contribution in [3.8, 4) is 0 Å². The van der Waals surface area contributed by atoms with Crippen molar-refractivity contribution in [2.75, 3.05) is 36.5 Å². The minimum atomic E-state index is -0.193. The normalized spacial score (nSPS) is 18.8. The van der Waals surface area contributed by atoms with E-state index in [2.05, 4.69) is 17.4 Å². The summed E-state index contributed by atoms with van der Waals surface area (Å²) in [7, 11) is 0. The number of hydrogen-bond donors (Lipinski definition) is 1. The summed E-state index contributed by atoms with van der Waals surface area (Å²) in [4.78, 5) is 29.5. The van der Waals surface area contributed by atoms with Crippen LogP contribution in [-0.4, -0.2) is 49.2 Å². The molecular weight excluding hydrogens is 378 g/mol. The van der Waals surface area contributed by atoms with E-state index in [1.54, 1.807) is 9.80 Å². The average molecular weight is 401 g/mol. The zero-order valence-electron chi connectivity index (χ0n) is 16.6. The molecule has 0 aliphatic carbocycles. The van der Waals surface area contributed by atoms with Gasteiger partial charge in [-0.25, -0.2) is 4.79 Å². The van der Waals surface area contributed by atoms with E-state index in [9.17, 15) is 9.59 Å². The average Bonchev–Trinajstić information content (AvgIpc) is 2.92. The van der Waals surface area contributed by atoms with Gasteiger partial charge in [0, 0.05) is 24.9 Å². The molecule has 3 aromatic rings.